The minimum Gasteiger partial charge on any atom is -0.322 e. The van der Waals surface area contributed by atoms with Crippen molar-refractivity contribution in [2.75, 3.05) is 12.4 Å². The van der Waals surface area contributed by atoms with Crippen LogP contribution >= 0.6 is 11.6 Å². The first-order valence-electron chi connectivity index (χ1n) is 6.95. The molecule has 0 saturated heterocycles. The Morgan fingerprint density at radius 2 is 1.88 bits per heavy atom. The van der Waals surface area contributed by atoms with Crippen LogP contribution in [-0.4, -0.2) is 26.3 Å². The minimum absolute atomic E-state index is 0.0302. The molecule has 0 saturated carbocycles. The maximum atomic E-state index is 12.3. The number of hydrogen-bond acceptors (Lipinski definition) is 5. The summed E-state index contributed by atoms with van der Waals surface area (Å²) >= 11 is 5.91. The largest absolute Gasteiger partial charge is 0.322 e. The molecule has 0 aliphatic rings. The van der Waals surface area contributed by atoms with Crippen LogP contribution in [0.5, 0.6) is 0 Å². The standard InChI is InChI=1S/C15H14ClN3O5S/c1-9-3-4-10(7-14(9)25(23,24)17-2)18-15(20)12-6-5-11(19(21)22)8-13(12)16/h3-8,17H,1-2H3,(H,18,20). The molecule has 0 fully saturated rings. The van der Waals surface area contributed by atoms with Gasteiger partial charge in [-0.25, -0.2) is 13.1 Å². The predicted molar refractivity (Wildman–Crippen MR) is 93.5 cm³/mol. The van der Waals surface area contributed by atoms with E-state index < -0.39 is 20.9 Å². The first-order chi connectivity index (χ1) is 11.7. The van der Waals surface area contributed by atoms with Gasteiger partial charge in [0.1, 0.15) is 0 Å². The van der Waals surface area contributed by atoms with Crippen LogP contribution in [0.15, 0.2) is 41.3 Å². The van der Waals surface area contributed by atoms with Crippen molar-refractivity contribution < 1.29 is 18.1 Å². The Balaban J connectivity index is 2.33. The lowest BCUT2D eigenvalue weighted by Crippen LogP contribution is -2.20. The summed E-state index contributed by atoms with van der Waals surface area (Å²) in [5.74, 6) is -0.614. The first-order valence-corrected chi connectivity index (χ1v) is 8.81. The number of amides is 1. The van der Waals surface area contributed by atoms with E-state index in [1.54, 1.807) is 19.1 Å². The number of rotatable bonds is 5. The Labute approximate surface area is 149 Å². The molecule has 2 aromatic carbocycles. The topological polar surface area (TPSA) is 118 Å². The molecule has 2 aromatic rings. The number of nitrogens with zero attached hydrogens (tertiary/aromatic N) is 1. The van der Waals surface area contributed by atoms with Gasteiger partial charge in [-0.2, -0.15) is 0 Å². The fourth-order valence-electron chi connectivity index (χ4n) is 2.08. The van der Waals surface area contributed by atoms with Gasteiger partial charge in [-0.05, 0) is 37.7 Å². The van der Waals surface area contributed by atoms with Gasteiger partial charge in [-0.1, -0.05) is 17.7 Å². The predicted octanol–water partition coefficient (Wildman–Crippen LogP) is 2.72. The van der Waals surface area contributed by atoms with E-state index >= 15 is 0 Å². The van der Waals surface area contributed by atoms with Gasteiger partial charge < -0.3 is 5.32 Å². The number of aryl methyl sites for hydroxylation is 1. The van der Waals surface area contributed by atoms with Crippen LogP contribution in [-0.2, 0) is 10.0 Å². The van der Waals surface area contributed by atoms with Gasteiger partial charge >= 0.3 is 0 Å². The second-order valence-electron chi connectivity index (χ2n) is 5.06. The summed E-state index contributed by atoms with van der Waals surface area (Å²) in [6, 6.07) is 7.88. The summed E-state index contributed by atoms with van der Waals surface area (Å²) < 4.78 is 26.2. The molecule has 0 aliphatic heterocycles. The average Bonchev–Trinajstić information content (AvgIpc) is 2.56. The molecule has 0 aliphatic carbocycles. The molecule has 0 radical (unpaired) electrons. The van der Waals surface area contributed by atoms with Crippen molar-refractivity contribution in [1.82, 2.24) is 4.72 Å². The maximum absolute atomic E-state index is 12.3. The third-order valence-electron chi connectivity index (χ3n) is 3.41. The smallest absolute Gasteiger partial charge is 0.270 e. The number of anilines is 1. The van der Waals surface area contributed by atoms with E-state index in [-0.39, 0.29) is 26.9 Å². The number of nitro benzene ring substituents is 1. The number of non-ortho nitro benzene ring substituents is 1. The van der Waals surface area contributed by atoms with Crippen molar-refractivity contribution >= 4 is 38.9 Å². The molecule has 0 spiro atoms. The fraction of sp³-hybridized carbons (Fsp3) is 0.133. The molecule has 2 N–H and O–H groups in total. The molecule has 10 heteroatoms. The monoisotopic (exact) mass is 383 g/mol. The molecule has 0 unspecified atom stereocenters. The normalized spacial score (nSPS) is 11.2. The lowest BCUT2D eigenvalue weighted by atomic mass is 10.1. The minimum atomic E-state index is -3.68. The molecule has 132 valence electrons. The number of nitro groups is 1. The summed E-state index contributed by atoms with van der Waals surface area (Å²) in [5, 5.41) is 13.1. The average molecular weight is 384 g/mol. The SMILES string of the molecule is CNS(=O)(=O)c1cc(NC(=O)c2ccc([N+](=O)[O-])cc2Cl)ccc1C. The molecular formula is C15H14ClN3O5S. The molecule has 0 aromatic heterocycles. The zero-order valence-electron chi connectivity index (χ0n) is 13.2. The number of benzene rings is 2. The Kier molecular flexibility index (Phi) is 5.41. The molecule has 8 nitrogen and oxygen atoms in total. The number of carbonyl (C=O) groups is 1. The lowest BCUT2D eigenvalue weighted by molar-refractivity contribution is -0.384. The van der Waals surface area contributed by atoms with Crippen LogP contribution in [0.2, 0.25) is 5.02 Å². The van der Waals surface area contributed by atoms with E-state index in [9.17, 15) is 23.3 Å². The number of carbonyl (C=O) groups excluding carboxylic acids is 1. The lowest BCUT2D eigenvalue weighted by Gasteiger charge is -2.11. The van der Waals surface area contributed by atoms with E-state index in [0.717, 1.165) is 12.1 Å². The van der Waals surface area contributed by atoms with Crippen LogP contribution in [0.25, 0.3) is 0 Å². The highest BCUT2D eigenvalue weighted by Gasteiger charge is 2.18. The fourth-order valence-corrected chi connectivity index (χ4v) is 3.33. The molecule has 1 amide bonds. The number of sulfonamides is 1. The van der Waals surface area contributed by atoms with Gasteiger partial charge in [-0.3, -0.25) is 14.9 Å². The second-order valence-corrected chi connectivity index (χ2v) is 7.33. The summed E-state index contributed by atoms with van der Waals surface area (Å²) in [6.45, 7) is 1.63. The Morgan fingerprint density at radius 3 is 2.44 bits per heavy atom. The maximum Gasteiger partial charge on any atom is 0.270 e. The van der Waals surface area contributed by atoms with Crippen LogP contribution in [0.4, 0.5) is 11.4 Å². The van der Waals surface area contributed by atoms with Gasteiger partial charge in [-0.15, -0.1) is 0 Å². The van der Waals surface area contributed by atoms with Crippen molar-refractivity contribution in [2.24, 2.45) is 0 Å². The number of halogens is 1. The van der Waals surface area contributed by atoms with Gasteiger partial charge in [0.25, 0.3) is 11.6 Å². The van der Waals surface area contributed by atoms with Gasteiger partial charge in [0.2, 0.25) is 10.0 Å². The van der Waals surface area contributed by atoms with E-state index in [2.05, 4.69) is 10.0 Å². The Morgan fingerprint density at radius 1 is 1.20 bits per heavy atom. The molecule has 0 bridgehead atoms. The van der Waals surface area contributed by atoms with Crippen LogP contribution in [0.3, 0.4) is 0 Å². The van der Waals surface area contributed by atoms with Crippen molar-refractivity contribution in [1.29, 1.82) is 0 Å². The summed E-state index contributed by atoms with van der Waals surface area (Å²) in [5.41, 5.74) is 0.560. The number of hydrogen-bond donors (Lipinski definition) is 2. The summed E-state index contributed by atoms with van der Waals surface area (Å²) in [4.78, 5) is 22.4. The molecule has 0 heterocycles. The zero-order valence-corrected chi connectivity index (χ0v) is 14.8. The van der Waals surface area contributed by atoms with Crippen molar-refractivity contribution in [3.05, 3.63) is 62.7 Å². The summed E-state index contributed by atoms with van der Waals surface area (Å²) in [6.07, 6.45) is 0. The molecule has 2 rings (SSSR count). The first kappa shape index (κ1) is 18.8. The highest BCUT2D eigenvalue weighted by molar-refractivity contribution is 7.89. The Bertz CT molecular complexity index is 960. The third-order valence-corrected chi connectivity index (χ3v) is 5.28. The van der Waals surface area contributed by atoms with E-state index in [1.165, 1.54) is 19.2 Å². The van der Waals surface area contributed by atoms with Gasteiger partial charge in [0.05, 0.1) is 20.4 Å². The van der Waals surface area contributed by atoms with Crippen LogP contribution in [0, 0.1) is 17.0 Å². The van der Waals surface area contributed by atoms with Gasteiger partial charge in [0, 0.05) is 17.8 Å². The highest BCUT2D eigenvalue weighted by atomic mass is 35.5. The van der Waals surface area contributed by atoms with Crippen molar-refractivity contribution in [2.45, 2.75) is 11.8 Å². The Hall–Kier alpha value is -2.49. The van der Waals surface area contributed by atoms with Crippen LogP contribution < -0.4 is 10.0 Å². The number of nitrogens with one attached hydrogen (secondary N) is 2. The summed E-state index contributed by atoms with van der Waals surface area (Å²) in [7, 11) is -2.39. The van der Waals surface area contributed by atoms with Crippen molar-refractivity contribution in [3.8, 4) is 0 Å². The highest BCUT2D eigenvalue weighted by Crippen LogP contribution is 2.25. The second kappa shape index (κ2) is 7.18. The van der Waals surface area contributed by atoms with Crippen LogP contribution in [0.1, 0.15) is 15.9 Å². The van der Waals surface area contributed by atoms with Crippen molar-refractivity contribution in [3.63, 3.8) is 0 Å². The zero-order chi connectivity index (χ0) is 18.8. The molecular weight excluding hydrogens is 370 g/mol. The quantitative estimate of drug-likeness (QED) is 0.607. The molecule has 25 heavy (non-hydrogen) atoms. The van der Waals surface area contributed by atoms with E-state index in [4.69, 9.17) is 11.6 Å². The van der Waals surface area contributed by atoms with E-state index in [0.29, 0.717) is 5.56 Å². The molecule has 0 atom stereocenters. The van der Waals surface area contributed by atoms with E-state index in [1.807, 2.05) is 0 Å². The third kappa shape index (κ3) is 4.13. The van der Waals surface area contributed by atoms with Gasteiger partial charge in [0.15, 0.2) is 0 Å².